The summed E-state index contributed by atoms with van der Waals surface area (Å²) >= 11 is -2.61. The minimum atomic E-state index is -2.61. The van der Waals surface area contributed by atoms with Crippen molar-refractivity contribution >= 4 is 62.7 Å². The average molecular weight is 121 g/mol. The van der Waals surface area contributed by atoms with Crippen molar-refractivity contribution in [2.45, 2.75) is 0 Å². The van der Waals surface area contributed by atoms with Crippen LogP contribution in [0.1, 0.15) is 0 Å². The Kier molecular flexibility index (Phi) is 11.3. The van der Waals surface area contributed by atoms with Crippen molar-refractivity contribution in [2.24, 2.45) is 0 Å². The second-order valence-corrected chi connectivity index (χ2v) is 0.692. The van der Waals surface area contributed by atoms with E-state index >= 15 is 0 Å². The molecular formula is H2KO3S. The first kappa shape index (κ1) is 9.86. The first-order chi connectivity index (χ1) is 1.73. The molecule has 1 radical (unpaired) electrons. The molecule has 27 valence electrons. The van der Waals surface area contributed by atoms with Crippen molar-refractivity contribution in [1.29, 1.82) is 0 Å². The number of hydrogen-bond donors (Lipinski definition) is 2. The van der Waals surface area contributed by atoms with Crippen molar-refractivity contribution in [2.75, 3.05) is 0 Å². The zero-order valence-electron chi connectivity index (χ0n) is 2.71. The molecule has 0 aliphatic rings. The maximum atomic E-state index is 8.67. The smallest absolute Gasteiger partial charge is 0.284 e. The Hall–Kier alpha value is 1.71. The molecule has 0 aliphatic carbocycles. The van der Waals surface area contributed by atoms with Crippen LogP contribution >= 0.6 is 0 Å². The van der Waals surface area contributed by atoms with Gasteiger partial charge in [0.05, 0.1) is 0 Å². The van der Waals surface area contributed by atoms with Crippen LogP contribution in [0.2, 0.25) is 0 Å². The van der Waals surface area contributed by atoms with Gasteiger partial charge in [0.1, 0.15) is 0 Å². The van der Waals surface area contributed by atoms with Gasteiger partial charge >= 0.3 is 0 Å². The van der Waals surface area contributed by atoms with Gasteiger partial charge in [0, 0.05) is 51.4 Å². The second-order valence-electron chi connectivity index (χ2n) is 0.231. The van der Waals surface area contributed by atoms with E-state index < -0.39 is 11.4 Å². The molecule has 0 heterocycles. The monoisotopic (exact) mass is 121 g/mol. The van der Waals surface area contributed by atoms with E-state index in [4.69, 9.17) is 13.3 Å². The third-order valence-electron chi connectivity index (χ3n) is 0. The van der Waals surface area contributed by atoms with E-state index in [9.17, 15) is 0 Å². The van der Waals surface area contributed by atoms with Gasteiger partial charge < -0.3 is 0 Å². The fourth-order valence-electron chi connectivity index (χ4n) is 0. The molecule has 0 aliphatic heterocycles. The summed E-state index contributed by atoms with van der Waals surface area (Å²) in [6.45, 7) is 0. The molecule has 0 rings (SSSR count). The normalized spacial score (nSPS) is 7.00. The van der Waals surface area contributed by atoms with Gasteiger partial charge in [-0.1, -0.05) is 0 Å². The van der Waals surface area contributed by atoms with Crippen molar-refractivity contribution < 1.29 is 13.3 Å². The third kappa shape index (κ3) is 26.9. The van der Waals surface area contributed by atoms with Crippen LogP contribution < -0.4 is 0 Å². The van der Waals surface area contributed by atoms with Crippen molar-refractivity contribution in [3.8, 4) is 0 Å². The Morgan fingerprint density at radius 2 is 1.40 bits per heavy atom. The predicted octanol–water partition coefficient (Wildman–Crippen LogP) is -0.700. The van der Waals surface area contributed by atoms with Crippen LogP contribution in [0.4, 0.5) is 0 Å². The summed E-state index contributed by atoms with van der Waals surface area (Å²) in [5.74, 6) is 0. The van der Waals surface area contributed by atoms with Crippen molar-refractivity contribution in [3.63, 3.8) is 0 Å². The molecule has 0 fully saturated rings. The molecule has 0 aromatic rings. The summed E-state index contributed by atoms with van der Waals surface area (Å²) in [7, 11) is 0. The van der Waals surface area contributed by atoms with Crippen LogP contribution in [-0.4, -0.2) is 64.7 Å². The number of rotatable bonds is 0. The molecule has 0 aromatic carbocycles. The van der Waals surface area contributed by atoms with Crippen LogP contribution in [0.3, 0.4) is 0 Å². The van der Waals surface area contributed by atoms with Crippen molar-refractivity contribution in [3.05, 3.63) is 0 Å². The molecule has 5 heavy (non-hydrogen) atoms. The van der Waals surface area contributed by atoms with Gasteiger partial charge in [-0.2, -0.15) is 4.21 Å². The predicted molar refractivity (Wildman–Crippen MR) is 19.2 cm³/mol. The fourth-order valence-corrected chi connectivity index (χ4v) is 0. The van der Waals surface area contributed by atoms with Gasteiger partial charge in [-0.15, -0.1) is 0 Å². The SMILES string of the molecule is O=S(O)O.[K]. The summed E-state index contributed by atoms with van der Waals surface area (Å²) in [5, 5.41) is 0. The van der Waals surface area contributed by atoms with E-state index in [0.29, 0.717) is 0 Å². The van der Waals surface area contributed by atoms with E-state index in [0.717, 1.165) is 0 Å². The molecule has 0 spiro atoms. The van der Waals surface area contributed by atoms with Gasteiger partial charge in [0.15, 0.2) is 0 Å². The van der Waals surface area contributed by atoms with Crippen LogP contribution in [0.5, 0.6) is 0 Å². The van der Waals surface area contributed by atoms with Gasteiger partial charge in [-0.25, -0.2) is 0 Å². The van der Waals surface area contributed by atoms with E-state index in [1.165, 1.54) is 0 Å². The van der Waals surface area contributed by atoms with Crippen molar-refractivity contribution in [1.82, 2.24) is 0 Å². The Labute approximate surface area is 74.7 Å². The van der Waals surface area contributed by atoms with Gasteiger partial charge in [-0.05, 0) is 0 Å². The molecule has 0 saturated heterocycles. The zero-order chi connectivity index (χ0) is 3.58. The summed E-state index contributed by atoms with van der Waals surface area (Å²) < 4.78 is 22.8. The number of hydrogen-bond acceptors (Lipinski definition) is 1. The Morgan fingerprint density at radius 1 is 1.40 bits per heavy atom. The molecule has 0 amide bonds. The van der Waals surface area contributed by atoms with Gasteiger partial charge in [0.2, 0.25) is 0 Å². The summed E-state index contributed by atoms with van der Waals surface area (Å²) in [5.41, 5.74) is 0. The average Bonchev–Trinajstić information content (AvgIpc) is 0.811. The minimum Gasteiger partial charge on any atom is -0.284 e. The zero-order valence-corrected chi connectivity index (χ0v) is 6.65. The van der Waals surface area contributed by atoms with E-state index in [-0.39, 0.29) is 51.4 Å². The molecule has 2 N–H and O–H groups in total. The first-order valence-electron chi connectivity index (χ1n) is 0.532. The summed E-state index contributed by atoms with van der Waals surface area (Å²) in [6.07, 6.45) is 0. The minimum absolute atomic E-state index is 0. The largest absolute Gasteiger partial charge is 0.299 e. The topological polar surface area (TPSA) is 57.5 Å². The fraction of sp³-hybridized carbons (Fsp3) is 0. The third-order valence-corrected chi connectivity index (χ3v) is 0. The molecule has 0 aromatic heterocycles. The van der Waals surface area contributed by atoms with Crippen LogP contribution in [0.15, 0.2) is 0 Å². The van der Waals surface area contributed by atoms with Crippen LogP contribution in [-0.2, 0) is 11.4 Å². The molecule has 0 saturated carbocycles. The van der Waals surface area contributed by atoms with E-state index in [2.05, 4.69) is 0 Å². The second kappa shape index (κ2) is 5.71. The van der Waals surface area contributed by atoms with Gasteiger partial charge in [0.25, 0.3) is 11.4 Å². The maximum absolute atomic E-state index is 8.67. The molecule has 3 nitrogen and oxygen atoms in total. The molecular weight excluding hydrogens is 119 g/mol. The summed E-state index contributed by atoms with van der Waals surface area (Å²) in [6, 6.07) is 0. The van der Waals surface area contributed by atoms with Crippen LogP contribution in [0.25, 0.3) is 0 Å². The molecule has 5 heteroatoms. The Morgan fingerprint density at radius 3 is 1.40 bits per heavy atom. The summed E-state index contributed by atoms with van der Waals surface area (Å²) in [4.78, 5) is 0. The van der Waals surface area contributed by atoms with Gasteiger partial charge in [-0.3, -0.25) is 9.11 Å². The Bertz CT molecular complexity index is 29.9. The quantitative estimate of drug-likeness (QED) is 0.329. The standard InChI is InChI=1S/K.H2O3S/c;1-4(2)3/h;(H2,1,2,3). The van der Waals surface area contributed by atoms with E-state index in [1.54, 1.807) is 0 Å². The molecule has 0 unspecified atom stereocenters. The maximum Gasteiger partial charge on any atom is 0.299 e. The first-order valence-corrected chi connectivity index (χ1v) is 1.60. The molecule has 0 bridgehead atoms. The molecule has 0 atom stereocenters. The van der Waals surface area contributed by atoms with E-state index in [1.807, 2.05) is 0 Å². The Balaban J connectivity index is 0. The van der Waals surface area contributed by atoms with Crippen LogP contribution in [0, 0.1) is 0 Å².